The Labute approximate surface area is 119 Å². The summed E-state index contributed by atoms with van der Waals surface area (Å²) in [4.78, 5) is 11.4. The molecule has 1 aromatic carbocycles. The van der Waals surface area contributed by atoms with Crippen molar-refractivity contribution >= 4 is 16.0 Å². The third kappa shape index (κ3) is 3.49. The molecule has 0 radical (unpaired) electrons. The zero-order valence-electron chi connectivity index (χ0n) is 12.0. The van der Waals surface area contributed by atoms with Gasteiger partial charge in [0.1, 0.15) is 10.6 Å². The van der Waals surface area contributed by atoms with Crippen LogP contribution in [-0.4, -0.2) is 46.5 Å². The first-order valence-electron chi connectivity index (χ1n) is 6.01. The van der Waals surface area contributed by atoms with Gasteiger partial charge in [-0.05, 0) is 12.1 Å². The highest BCUT2D eigenvalue weighted by Gasteiger charge is 2.27. The molecule has 0 aliphatic heterocycles. The first-order chi connectivity index (χ1) is 9.34. The van der Waals surface area contributed by atoms with Gasteiger partial charge in [0, 0.05) is 13.6 Å². The normalized spacial score (nSPS) is 13.1. The molecule has 0 aliphatic carbocycles. The van der Waals surface area contributed by atoms with Crippen LogP contribution in [0.25, 0.3) is 0 Å². The molecule has 0 amide bonds. The second-order valence-corrected chi connectivity index (χ2v) is 6.37. The number of rotatable bonds is 6. The third-order valence-electron chi connectivity index (χ3n) is 2.89. The highest BCUT2D eigenvalue weighted by molar-refractivity contribution is 7.89. The van der Waals surface area contributed by atoms with Crippen molar-refractivity contribution in [1.29, 1.82) is 0 Å². The van der Waals surface area contributed by atoms with E-state index in [0.717, 1.165) is 4.31 Å². The molecule has 1 rings (SSSR count). The number of hydrogen-bond acceptors (Lipinski definition) is 5. The number of carbonyl (C=O) groups excluding carboxylic acids is 1. The van der Waals surface area contributed by atoms with Gasteiger partial charge in [-0.15, -0.1) is 0 Å². The Hall–Kier alpha value is -1.60. The minimum atomic E-state index is -3.72. The molecule has 20 heavy (non-hydrogen) atoms. The summed E-state index contributed by atoms with van der Waals surface area (Å²) in [5.41, 5.74) is 0. The van der Waals surface area contributed by atoms with Crippen LogP contribution in [0.3, 0.4) is 0 Å². The van der Waals surface area contributed by atoms with E-state index in [0.29, 0.717) is 0 Å². The number of ether oxygens (including phenoxy) is 2. The topological polar surface area (TPSA) is 72.9 Å². The molecule has 6 nitrogen and oxygen atoms in total. The van der Waals surface area contributed by atoms with E-state index in [-0.39, 0.29) is 17.2 Å². The predicted molar refractivity (Wildman–Crippen MR) is 74.0 cm³/mol. The molecule has 0 N–H and O–H groups in total. The van der Waals surface area contributed by atoms with Crippen molar-refractivity contribution in [2.45, 2.75) is 11.8 Å². The summed E-state index contributed by atoms with van der Waals surface area (Å²) >= 11 is 0. The summed E-state index contributed by atoms with van der Waals surface area (Å²) in [5.74, 6) is -0.730. The van der Waals surface area contributed by atoms with Crippen molar-refractivity contribution in [3.05, 3.63) is 24.3 Å². The van der Waals surface area contributed by atoms with Crippen molar-refractivity contribution in [1.82, 2.24) is 4.31 Å². The molecule has 0 heterocycles. The fraction of sp³-hybridized carbons (Fsp3) is 0.462. The predicted octanol–water partition coefficient (Wildman–Crippen LogP) is 1.12. The quantitative estimate of drug-likeness (QED) is 0.736. The minimum absolute atomic E-state index is 0.0348. The third-order valence-corrected chi connectivity index (χ3v) is 4.75. The Balaban J connectivity index is 3.01. The smallest absolute Gasteiger partial charge is 0.309 e. The van der Waals surface area contributed by atoms with Gasteiger partial charge in [-0.25, -0.2) is 8.42 Å². The largest absolute Gasteiger partial charge is 0.495 e. The van der Waals surface area contributed by atoms with Crippen LogP contribution in [0.1, 0.15) is 6.92 Å². The Morgan fingerprint density at radius 3 is 2.45 bits per heavy atom. The molecule has 0 spiro atoms. The van der Waals surface area contributed by atoms with Crippen LogP contribution >= 0.6 is 0 Å². The molecule has 1 atom stereocenters. The molecule has 0 aliphatic rings. The van der Waals surface area contributed by atoms with E-state index in [2.05, 4.69) is 4.74 Å². The molecule has 112 valence electrons. The Kier molecular flexibility index (Phi) is 5.52. The summed E-state index contributed by atoms with van der Waals surface area (Å²) in [6, 6.07) is 6.35. The SMILES string of the molecule is COC(=O)C(C)CN(C)S(=O)(=O)c1ccccc1OC. The maximum absolute atomic E-state index is 12.5. The molecule has 0 saturated carbocycles. The van der Waals surface area contributed by atoms with Crippen molar-refractivity contribution < 1.29 is 22.7 Å². The van der Waals surface area contributed by atoms with Crippen LogP contribution < -0.4 is 4.74 Å². The lowest BCUT2D eigenvalue weighted by Crippen LogP contribution is -2.34. The molecule has 0 saturated heterocycles. The van der Waals surface area contributed by atoms with Crippen LogP contribution in [0, 0.1) is 5.92 Å². The molecule has 0 bridgehead atoms. The summed E-state index contributed by atoms with van der Waals surface area (Å²) in [6.45, 7) is 1.65. The molecule has 1 aromatic rings. The van der Waals surface area contributed by atoms with Gasteiger partial charge in [0.25, 0.3) is 0 Å². The van der Waals surface area contributed by atoms with E-state index < -0.39 is 21.9 Å². The highest BCUT2D eigenvalue weighted by Crippen LogP contribution is 2.25. The summed E-state index contributed by atoms with van der Waals surface area (Å²) < 4.78 is 35.7. The fourth-order valence-corrected chi connectivity index (χ4v) is 3.17. The van der Waals surface area contributed by atoms with Gasteiger partial charge in [0.05, 0.1) is 20.1 Å². The zero-order chi connectivity index (χ0) is 15.3. The Morgan fingerprint density at radius 2 is 1.90 bits per heavy atom. The molecular weight excluding hydrogens is 282 g/mol. The second kappa shape index (κ2) is 6.71. The van der Waals surface area contributed by atoms with Gasteiger partial charge < -0.3 is 9.47 Å². The van der Waals surface area contributed by atoms with Crippen LogP contribution in [-0.2, 0) is 19.6 Å². The number of methoxy groups -OCH3 is 2. The molecular formula is C13H19NO5S. The van der Waals surface area contributed by atoms with E-state index in [4.69, 9.17) is 4.74 Å². The molecule has 1 unspecified atom stereocenters. The van der Waals surface area contributed by atoms with Crippen molar-refractivity contribution in [3.8, 4) is 5.75 Å². The number of sulfonamides is 1. The van der Waals surface area contributed by atoms with E-state index in [1.165, 1.54) is 27.3 Å². The lowest BCUT2D eigenvalue weighted by molar-refractivity contribution is -0.144. The summed E-state index contributed by atoms with van der Waals surface area (Å²) in [7, 11) is 0.379. The minimum Gasteiger partial charge on any atom is -0.495 e. The van der Waals surface area contributed by atoms with Gasteiger partial charge in [-0.1, -0.05) is 19.1 Å². The van der Waals surface area contributed by atoms with Crippen molar-refractivity contribution in [3.63, 3.8) is 0 Å². The first-order valence-corrected chi connectivity index (χ1v) is 7.45. The number of carbonyl (C=O) groups is 1. The Bertz CT molecular complexity index is 570. The van der Waals surface area contributed by atoms with Gasteiger partial charge in [0.15, 0.2) is 0 Å². The second-order valence-electron chi connectivity index (χ2n) is 4.36. The Morgan fingerprint density at radius 1 is 1.30 bits per heavy atom. The van der Waals surface area contributed by atoms with Crippen LogP contribution in [0.5, 0.6) is 5.75 Å². The highest BCUT2D eigenvalue weighted by atomic mass is 32.2. The van der Waals surface area contributed by atoms with Gasteiger partial charge in [0.2, 0.25) is 10.0 Å². The number of nitrogens with zero attached hydrogens (tertiary/aromatic N) is 1. The number of benzene rings is 1. The first kappa shape index (κ1) is 16.5. The molecule has 7 heteroatoms. The lowest BCUT2D eigenvalue weighted by atomic mass is 10.2. The van der Waals surface area contributed by atoms with E-state index in [9.17, 15) is 13.2 Å². The van der Waals surface area contributed by atoms with E-state index in [1.54, 1.807) is 25.1 Å². The molecule has 0 fully saturated rings. The van der Waals surface area contributed by atoms with E-state index in [1.807, 2.05) is 0 Å². The van der Waals surface area contributed by atoms with Crippen molar-refractivity contribution in [2.24, 2.45) is 5.92 Å². The lowest BCUT2D eigenvalue weighted by Gasteiger charge is -2.21. The monoisotopic (exact) mass is 301 g/mol. The van der Waals surface area contributed by atoms with Crippen LogP contribution in [0.4, 0.5) is 0 Å². The van der Waals surface area contributed by atoms with E-state index >= 15 is 0 Å². The van der Waals surface area contributed by atoms with Gasteiger partial charge >= 0.3 is 5.97 Å². The summed E-state index contributed by atoms with van der Waals surface area (Å²) in [5, 5.41) is 0. The number of hydrogen-bond donors (Lipinski definition) is 0. The number of para-hydroxylation sites is 1. The van der Waals surface area contributed by atoms with Gasteiger partial charge in [-0.3, -0.25) is 4.79 Å². The van der Waals surface area contributed by atoms with Gasteiger partial charge in [-0.2, -0.15) is 4.31 Å². The maximum atomic E-state index is 12.5. The fourth-order valence-electron chi connectivity index (χ4n) is 1.76. The average Bonchev–Trinajstić information content (AvgIpc) is 2.45. The number of esters is 1. The van der Waals surface area contributed by atoms with Crippen molar-refractivity contribution in [2.75, 3.05) is 27.8 Å². The summed E-state index contributed by atoms with van der Waals surface area (Å²) in [6.07, 6.45) is 0. The van der Waals surface area contributed by atoms with Crippen LogP contribution in [0.2, 0.25) is 0 Å². The zero-order valence-corrected chi connectivity index (χ0v) is 12.8. The average molecular weight is 301 g/mol. The maximum Gasteiger partial charge on any atom is 0.309 e. The van der Waals surface area contributed by atoms with Crippen LogP contribution in [0.15, 0.2) is 29.2 Å². The standard InChI is InChI=1S/C13H19NO5S/c1-10(13(15)19-4)9-14(2)20(16,17)12-8-6-5-7-11(12)18-3/h5-8,10H,9H2,1-4H3. The molecule has 0 aromatic heterocycles.